The van der Waals surface area contributed by atoms with Crippen LogP contribution in [0.4, 0.5) is 0 Å². The molecule has 8 nitrogen and oxygen atoms in total. The van der Waals surface area contributed by atoms with Gasteiger partial charge in [-0.1, -0.05) is 5.21 Å². The molecule has 30 heavy (non-hydrogen) atoms. The number of fused-ring (bicyclic) bond motifs is 1. The topological polar surface area (TPSA) is 78.7 Å². The molecule has 8 heteroatoms. The lowest BCUT2D eigenvalue weighted by molar-refractivity contribution is -0.137. The van der Waals surface area contributed by atoms with Gasteiger partial charge in [-0.3, -0.25) is 4.79 Å². The monoisotopic (exact) mass is 418 g/mol. The highest BCUT2D eigenvalue weighted by molar-refractivity contribution is 5.79. The maximum absolute atomic E-state index is 13.1. The molecular formula is C22H34N4O4. The third kappa shape index (κ3) is 4.41. The Morgan fingerprint density at radius 3 is 2.67 bits per heavy atom. The summed E-state index contributed by atoms with van der Waals surface area (Å²) in [4.78, 5) is 15.2. The average Bonchev–Trinajstić information content (AvgIpc) is 3.33. The molecule has 4 atom stereocenters. The number of hydrogen-bond donors (Lipinski definition) is 0. The van der Waals surface area contributed by atoms with Crippen LogP contribution in [0.5, 0.6) is 0 Å². The Morgan fingerprint density at radius 1 is 1.17 bits per heavy atom. The first kappa shape index (κ1) is 20.4. The Kier molecular flexibility index (Phi) is 6.07. The van der Waals surface area contributed by atoms with Gasteiger partial charge >= 0.3 is 0 Å². The molecule has 2 saturated carbocycles. The van der Waals surface area contributed by atoms with Crippen molar-refractivity contribution < 1.29 is 19.0 Å². The van der Waals surface area contributed by atoms with E-state index in [1.807, 2.05) is 10.9 Å². The summed E-state index contributed by atoms with van der Waals surface area (Å²) in [5.41, 5.74) is 0.850. The Labute approximate surface area is 178 Å². The SMILES string of the molecule is COCc1cn([C@@H]2C[C@@H]3CN(C(=O)C4CCOCC4)C[C@@H]3C[C@H]2OCC2CC2)nn1. The lowest BCUT2D eigenvalue weighted by Gasteiger charge is -2.37. The zero-order chi connectivity index (χ0) is 20.5. The Hall–Kier alpha value is -1.51. The molecule has 1 amide bonds. The molecule has 0 spiro atoms. The van der Waals surface area contributed by atoms with Crippen molar-refractivity contribution in [3.05, 3.63) is 11.9 Å². The maximum Gasteiger partial charge on any atom is 0.225 e. The normalized spacial score (nSPS) is 32.4. The quantitative estimate of drug-likeness (QED) is 0.674. The minimum absolute atomic E-state index is 0.141. The van der Waals surface area contributed by atoms with Gasteiger partial charge in [0.1, 0.15) is 5.69 Å². The lowest BCUT2D eigenvalue weighted by Crippen LogP contribution is -2.38. The number of amides is 1. The second-order valence-electron chi connectivity index (χ2n) is 9.63. The van der Waals surface area contributed by atoms with Crippen molar-refractivity contribution in [3.8, 4) is 0 Å². The van der Waals surface area contributed by atoms with Crippen molar-refractivity contribution in [2.24, 2.45) is 23.7 Å². The summed E-state index contributed by atoms with van der Waals surface area (Å²) in [7, 11) is 1.67. The fourth-order valence-electron chi connectivity index (χ4n) is 5.46. The first-order valence-corrected chi connectivity index (χ1v) is 11.6. The molecule has 166 valence electrons. The highest BCUT2D eigenvalue weighted by Crippen LogP contribution is 2.43. The Morgan fingerprint density at radius 2 is 1.93 bits per heavy atom. The van der Waals surface area contributed by atoms with Crippen LogP contribution in [-0.2, 0) is 25.6 Å². The second-order valence-corrected chi connectivity index (χ2v) is 9.63. The van der Waals surface area contributed by atoms with Gasteiger partial charge in [-0.25, -0.2) is 4.68 Å². The van der Waals surface area contributed by atoms with E-state index in [0.717, 1.165) is 57.0 Å². The number of rotatable bonds is 7. The summed E-state index contributed by atoms with van der Waals surface area (Å²) in [6, 6.07) is 0.182. The van der Waals surface area contributed by atoms with Gasteiger partial charge in [-0.05, 0) is 56.3 Å². The largest absolute Gasteiger partial charge is 0.381 e. The molecule has 0 radical (unpaired) electrons. The summed E-state index contributed by atoms with van der Waals surface area (Å²) in [5, 5.41) is 8.67. The number of methoxy groups -OCH3 is 1. The van der Waals surface area contributed by atoms with E-state index in [4.69, 9.17) is 14.2 Å². The molecule has 5 rings (SSSR count). The third-order valence-corrected chi connectivity index (χ3v) is 7.40. The predicted molar refractivity (Wildman–Crippen MR) is 109 cm³/mol. The van der Waals surface area contributed by atoms with E-state index in [1.54, 1.807) is 7.11 Å². The van der Waals surface area contributed by atoms with Crippen molar-refractivity contribution in [1.29, 1.82) is 0 Å². The molecule has 4 aliphatic rings. The highest BCUT2D eigenvalue weighted by atomic mass is 16.5. The zero-order valence-electron chi connectivity index (χ0n) is 17.9. The van der Waals surface area contributed by atoms with Crippen molar-refractivity contribution in [3.63, 3.8) is 0 Å². The van der Waals surface area contributed by atoms with E-state index in [1.165, 1.54) is 12.8 Å². The molecule has 0 unspecified atom stereocenters. The molecule has 1 aromatic heterocycles. The first-order valence-electron chi connectivity index (χ1n) is 11.6. The van der Waals surface area contributed by atoms with Crippen LogP contribution in [0, 0.1) is 23.7 Å². The summed E-state index contributed by atoms with van der Waals surface area (Å²) < 4.78 is 19.1. The summed E-state index contributed by atoms with van der Waals surface area (Å²) >= 11 is 0. The summed E-state index contributed by atoms with van der Waals surface area (Å²) in [5.74, 6) is 2.25. The second kappa shape index (κ2) is 8.93. The van der Waals surface area contributed by atoms with E-state index >= 15 is 0 Å². The van der Waals surface area contributed by atoms with Gasteiger partial charge in [-0.15, -0.1) is 5.10 Å². The van der Waals surface area contributed by atoms with Gasteiger partial charge in [0.05, 0.1) is 24.9 Å². The lowest BCUT2D eigenvalue weighted by atomic mass is 9.77. The predicted octanol–water partition coefficient (Wildman–Crippen LogP) is 2.06. The van der Waals surface area contributed by atoms with E-state index in [-0.39, 0.29) is 18.1 Å². The van der Waals surface area contributed by atoms with Crippen LogP contribution in [0.2, 0.25) is 0 Å². The number of nitrogens with zero attached hydrogens (tertiary/aromatic N) is 4. The number of ether oxygens (including phenoxy) is 3. The molecule has 0 aromatic carbocycles. The first-order chi connectivity index (χ1) is 14.7. The van der Waals surface area contributed by atoms with E-state index < -0.39 is 0 Å². The van der Waals surface area contributed by atoms with Crippen LogP contribution >= 0.6 is 0 Å². The van der Waals surface area contributed by atoms with Crippen molar-refractivity contribution >= 4 is 5.91 Å². The van der Waals surface area contributed by atoms with Crippen LogP contribution in [0.25, 0.3) is 0 Å². The van der Waals surface area contributed by atoms with Gasteiger partial charge in [0.25, 0.3) is 0 Å². The van der Waals surface area contributed by atoms with Crippen LogP contribution in [0.3, 0.4) is 0 Å². The molecule has 1 aromatic rings. The van der Waals surface area contributed by atoms with Crippen LogP contribution < -0.4 is 0 Å². The van der Waals surface area contributed by atoms with E-state index in [9.17, 15) is 4.79 Å². The highest BCUT2D eigenvalue weighted by Gasteiger charge is 2.46. The van der Waals surface area contributed by atoms with Gasteiger partial charge < -0.3 is 19.1 Å². The number of carbonyl (C=O) groups is 1. The number of carbonyl (C=O) groups excluding carboxylic acids is 1. The van der Waals surface area contributed by atoms with Gasteiger partial charge in [0, 0.05) is 45.9 Å². The van der Waals surface area contributed by atoms with Crippen molar-refractivity contribution in [1.82, 2.24) is 19.9 Å². The van der Waals surface area contributed by atoms with Crippen molar-refractivity contribution in [2.75, 3.05) is 40.0 Å². The molecular weight excluding hydrogens is 384 g/mol. The number of aromatic nitrogens is 3. The summed E-state index contributed by atoms with van der Waals surface area (Å²) in [6.45, 7) is 4.50. The standard InChI is InChI=1S/C22H34N4O4/c1-28-14-19-12-26(24-23-19)20-8-17-10-25(22(27)16-4-6-29-7-5-16)11-18(17)9-21(20)30-13-15-2-3-15/h12,15-18,20-21H,2-11,13-14H2,1H3/t17-,18+,20-,21-/m1/s1. The van der Waals surface area contributed by atoms with Gasteiger partial charge in [0.15, 0.2) is 0 Å². The summed E-state index contributed by atoms with van der Waals surface area (Å²) in [6.07, 6.45) is 8.44. The van der Waals surface area contributed by atoms with Crippen LogP contribution in [-0.4, -0.2) is 71.9 Å². The Bertz CT molecular complexity index is 730. The van der Waals surface area contributed by atoms with Gasteiger partial charge in [-0.2, -0.15) is 0 Å². The average molecular weight is 419 g/mol. The van der Waals surface area contributed by atoms with Crippen LogP contribution in [0.1, 0.15) is 50.3 Å². The molecule has 0 bridgehead atoms. The van der Waals surface area contributed by atoms with E-state index in [0.29, 0.717) is 37.6 Å². The minimum Gasteiger partial charge on any atom is -0.381 e. The molecule has 3 heterocycles. The molecule has 4 fully saturated rings. The Balaban J connectivity index is 1.27. The number of likely N-dealkylation sites (tertiary alicyclic amines) is 1. The zero-order valence-corrected chi connectivity index (χ0v) is 17.9. The number of hydrogen-bond acceptors (Lipinski definition) is 6. The maximum atomic E-state index is 13.1. The van der Waals surface area contributed by atoms with Crippen LogP contribution in [0.15, 0.2) is 6.20 Å². The smallest absolute Gasteiger partial charge is 0.225 e. The molecule has 2 aliphatic carbocycles. The minimum atomic E-state index is 0.141. The molecule has 2 saturated heterocycles. The van der Waals surface area contributed by atoms with Gasteiger partial charge in [0.2, 0.25) is 5.91 Å². The van der Waals surface area contributed by atoms with E-state index in [2.05, 4.69) is 15.2 Å². The molecule has 0 N–H and O–H groups in total. The third-order valence-electron chi connectivity index (χ3n) is 7.40. The fraction of sp³-hybridized carbons (Fsp3) is 0.864. The fourth-order valence-corrected chi connectivity index (χ4v) is 5.46. The van der Waals surface area contributed by atoms with Crippen molar-refractivity contribution in [2.45, 2.75) is 57.3 Å². The molecule has 2 aliphatic heterocycles.